The minimum Gasteiger partial charge on any atom is -0.455 e. The van der Waals surface area contributed by atoms with Crippen molar-refractivity contribution in [2.24, 2.45) is 0 Å². The van der Waals surface area contributed by atoms with Crippen LogP contribution in [0.1, 0.15) is 23.7 Å². The van der Waals surface area contributed by atoms with E-state index < -0.39 is 17.5 Å². The quantitative estimate of drug-likeness (QED) is 0.690. The Morgan fingerprint density at radius 1 is 1.23 bits per heavy atom. The fourth-order valence-corrected chi connectivity index (χ4v) is 4.44. The molecule has 2 atom stereocenters. The molecule has 1 amide bonds. The first-order chi connectivity index (χ1) is 14.9. The number of para-hydroxylation sites is 1. The standard InChI is InChI=1S/C24H23FN2O4/c25-19-3-1-2-4-22(19)31-18-10-17-12-27(14-24(17,30)11-18)13-21(28)16-5-7-20-15(9-16)6-8-23(29)26-20/h1-5,7,9-11,21,28,30H,6,8,12-14H2,(H,26,29)/t21-,24-/m0/s1. The van der Waals surface area contributed by atoms with Gasteiger partial charge in [0.15, 0.2) is 11.6 Å². The summed E-state index contributed by atoms with van der Waals surface area (Å²) in [5.41, 5.74) is 2.19. The first-order valence-electron chi connectivity index (χ1n) is 10.3. The highest BCUT2D eigenvalue weighted by molar-refractivity contribution is 5.93. The van der Waals surface area contributed by atoms with E-state index in [0.29, 0.717) is 38.2 Å². The van der Waals surface area contributed by atoms with E-state index >= 15 is 0 Å². The van der Waals surface area contributed by atoms with Crippen LogP contribution in [-0.4, -0.2) is 46.3 Å². The van der Waals surface area contributed by atoms with Gasteiger partial charge in [-0.15, -0.1) is 0 Å². The lowest BCUT2D eigenvalue weighted by molar-refractivity contribution is -0.116. The molecule has 0 spiro atoms. The minimum absolute atomic E-state index is 0.0114. The number of β-amino-alcohol motifs (C(OH)–C–C–N with tert-alkyl or cyclic N) is 2. The number of anilines is 1. The second-order valence-electron chi connectivity index (χ2n) is 8.32. The third-order valence-corrected chi connectivity index (χ3v) is 6.02. The Morgan fingerprint density at radius 3 is 2.87 bits per heavy atom. The van der Waals surface area contributed by atoms with Gasteiger partial charge in [0.1, 0.15) is 11.4 Å². The van der Waals surface area contributed by atoms with Gasteiger partial charge in [0.05, 0.1) is 6.10 Å². The molecule has 0 bridgehead atoms. The number of fused-ring (bicyclic) bond motifs is 2. The van der Waals surface area contributed by atoms with Gasteiger partial charge >= 0.3 is 0 Å². The molecule has 0 aromatic heterocycles. The van der Waals surface area contributed by atoms with Crippen LogP contribution in [0, 0.1) is 5.82 Å². The Labute approximate surface area is 179 Å². The minimum atomic E-state index is -1.18. The van der Waals surface area contributed by atoms with Gasteiger partial charge in [0, 0.05) is 31.7 Å². The van der Waals surface area contributed by atoms with Gasteiger partial charge in [-0.05, 0) is 53.5 Å². The van der Waals surface area contributed by atoms with E-state index in [-0.39, 0.29) is 11.7 Å². The second kappa shape index (κ2) is 7.60. The topological polar surface area (TPSA) is 82.0 Å². The summed E-state index contributed by atoms with van der Waals surface area (Å²) in [4.78, 5) is 13.5. The zero-order valence-electron chi connectivity index (χ0n) is 16.8. The number of likely N-dealkylation sites (tertiary alicyclic amines) is 1. The monoisotopic (exact) mass is 422 g/mol. The molecule has 6 nitrogen and oxygen atoms in total. The highest BCUT2D eigenvalue weighted by Crippen LogP contribution is 2.37. The van der Waals surface area contributed by atoms with Crippen molar-refractivity contribution < 1.29 is 24.1 Å². The molecule has 1 aliphatic carbocycles. The number of allylic oxidation sites excluding steroid dienone is 1. The molecule has 0 radical (unpaired) electrons. The zero-order valence-corrected chi connectivity index (χ0v) is 16.8. The van der Waals surface area contributed by atoms with Crippen molar-refractivity contribution >= 4 is 11.6 Å². The summed E-state index contributed by atoms with van der Waals surface area (Å²) in [6, 6.07) is 11.7. The number of aryl methyl sites for hydroxylation is 1. The van der Waals surface area contributed by atoms with Crippen molar-refractivity contribution in [3.05, 3.63) is 82.9 Å². The van der Waals surface area contributed by atoms with Crippen LogP contribution in [0.15, 0.2) is 65.9 Å². The number of nitrogens with zero attached hydrogens (tertiary/aromatic N) is 1. The summed E-state index contributed by atoms with van der Waals surface area (Å²) in [7, 11) is 0. The SMILES string of the molecule is O=C1CCc2cc([C@@H](O)CN3CC4=CC(Oc5ccccc5F)=C[C@]4(O)C3)ccc2N1. The van der Waals surface area contributed by atoms with Gasteiger partial charge in [-0.3, -0.25) is 9.69 Å². The molecule has 5 rings (SSSR count). The molecule has 0 unspecified atom stereocenters. The molecule has 1 fully saturated rings. The predicted molar refractivity (Wildman–Crippen MR) is 113 cm³/mol. The van der Waals surface area contributed by atoms with Gasteiger partial charge in [0.2, 0.25) is 5.91 Å². The second-order valence-corrected chi connectivity index (χ2v) is 8.32. The Kier molecular flexibility index (Phi) is 4.89. The molecule has 1 saturated heterocycles. The lowest BCUT2D eigenvalue weighted by atomic mass is 9.98. The number of hydrogen-bond donors (Lipinski definition) is 3. The molecule has 2 aromatic rings. The van der Waals surface area contributed by atoms with E-state index in [9.17, 15) is 19.4 Å². The summed E-state index contributed by atoms with van der Waals surface area (Å²) in [5.74, 6) is 0.0853. The van der Waals surface area contributed by atoms with Gasteiger partial charge in [-0.25, -0.2) is 4.39 Å². The van der Waals surface area contributed by atoms with Crippen molar-refractivity contribution in [2.75, 3.05) is 25.0 Å². The number of aliphatic hydroxyl groups is 2. The maximum Gasteiger partial charge on any atom is 0.224 e. The Hall–Kier alpha value is -3.00. The lowest BCUT2D eigenvalue weighted by Crippen LogP contribution is -2.33. The molecule has 7 heteroatoms. The normalized spacial score (nSPS) is 23.5. The summed E-state index contributed by atoms with van der Waals surface area (Å²) in [5, 5.41) is 24.6. The third kappa shape index (κ3) is 3.87. The summed E-state index contributed by atoms with van der Waals surface area (Å²) < 4.78 is 19.4. The molecule has 2 heterocycles. The fraction of sp³-hybridized carbons (Fsp3) is 0.292. The van der Waals surface area contributed by atoms with Crippen LogP contribution in [0.25, 0.3) is 0 Å². The highest BCUT2D eigenvalue weighted by Gasteiger charge is 2.43. The molecule has 31 heavy (non-hydrogen) atoms. The van der Waals surface area contributed by atoms with E-state index in [2.05, 4.69) is 5.32 Å². The lowest BCUT2D eigenvalue weighted by Gasteiger charge is -2.23. The van der Waals surface area contributed by atoms with Crippen molar-refractivity contribution in [1.29, 1.82) is 0 Å². The number of rotatable bonds is 5. The van der Waals surface area contributed by atoms with Crippen LogP contribution < -0.4 is 10.1 Å². The number of hydrogen-bond acceptors (Lipinski definition) is 5. The van der Waals surface area contributed by atoms with Crippen LogP contribution in [0.5, 0.6) is 5.75 Å². The van der Waals surface area contributed by atoms with E-state index in [1.807, 2.05) is 23.1 Å². The molecule has 160 valence electrons. The fourth-order valence-electron chi connectivity index (χ4n) is 4.44. The first kappa shape index (κ1) is 19.9. The zero-order chi connectivity index (χ0) is 21.6. The van der Waals surface area contributed by atoms with Crippen LogP contribution in [0.2, 0.25) is 0 Å². The molecule has 0 saturated carbocycles. The number of carbonyl (C=O) groups is 1. The average molecular weight is 422 g/mol. The molecule has 3 N–H and O–H groups in total. The third-order valence-electron chi connectivity index (χ3n) is 6.02. The molecule has 2 aliphatic heterocycles. The van der Waals surface area contributed by atoms with Crippen LogP contribution in [0.3, 0.4) is 0 Å². The summed E-state index contributed by atoms with van der Waals surface area (Å²) in [6.07, 6.45) is 3.73. The van der Waals surface area contributed by atoms with Gasteiger partial charge in [0.25, 0.3) is 0 Å². The highest BCUT2D eigenvalue weighted by atomic mass is 19.1. The van der Waals surface area contributed by atoms with Crippen LogP contribution >= 0.6 is 0 Å². The summed E-state index contributed by atoms with van der Waals surface area (Å²) >= 11 is 0. The van der Waals surface area contributed by atoms with E-state index in [1.165, 1.54) is 6.07 Å². The predicted octanol–water partition coefficient (Wildman–Crippen LogP) is 2.69. The van der Waals surface area contributed by atoms with Crippen molar-refractivity contribution in [3.8, 4) is 5.75 Å². The van der Waals surface area contributed by atoms with E-state index in [4.69, 9.17) is 4.74 Å². The van der Waals surface area contributed by atoms with Gasteiger partial charge < -0.3 is 20.3 Å². The van der Waals surface area contributed by atoms with E-state index in [0.717, 1.165) is 22.4 Å². The number of amides is 1. The van der Waals surface area contributed by atoms with Crippen molar-refractivity contribution in [3.63, 3.8) is 0 Å². The maximum absolute atomic E-state index is 13.8. The van der Waals surface area contributed by atoms with Crippen molar-refractivity contribution in [2.45, 2.75) is 24.5 Å². The van der Waals surface area contributed by atoms with Gasteiger partial charge in [-0.2, -0.15) is 0 Å². The smallest absolute Gasteiger partial charge is 0.224 e. The molecule has 3 aliphatic rings. The van der Waals surface area contributed by atoms with Crippen LogP contribution in [-0.2, 0) is 11.2 Å². The largest absolute Gasteiger partial charge is 0.455 e. The Morgan fingerprint density at radius 2 is 2.06 bits per heavy atom. The number of aliphatic hydroxyl groups excluding tert-OH is 1. The van der Waals surface area contributed by atoms with Gasteiger partial charge in [-0.1, -0.05) is 24.3 Å². The Bertz CT molecular complexity index is 1110. The number of nitrogens with one attached hydrogen (secondary N) is 1. The average Bonchev–Trinajstić information content (AvgIpc) is 3.19. The number of ether oxygens (including phenoxy) is 1. The number of benzene rings is 2. The number of halogens is 1. The first-order valence-corrected chi connectivity index (χ1v) is 10.3. The van der Waals surface area contributed by atoms with Crippen LogP contribution in [0.4, 0.5) is 10.1 Å². The maximum atomic E-state index is 13.8. The molecule has 2 aromatic carbocycles. The van der Waals surface area contributed by atoms with E-state index in [1.54, 1.807) is 30.4 Å². The van der Waals surface area contributed by atoms with Crippen molar-refractivity contribution in [1.82, 2.24) is 4.90 Å². The molecular weight excluding hydrogens is 399 g/mol. The number of carbonyl (C=O) groups excluding carboxylic acids is 1. The Balaban J connectivity index is 1.24. The summed E-state index contributed by atoms with van der Waals surface area (Å²) in [6.45, 7) is 1.17. The molecular formula is C24H23FN2O4.